The van der Waals surface area contributed by atoms with Crippen LogP contribution in [-0.2, 0) is 0 Å². The summed E-state index contributed by atoms with van der Waals surface area (Å²) in [5.41, 5.74) is 5.22. The van der Waals surface area contributed by atoms with Crippen molar-refractivity contribution in [2.75, 3.05) is 12.3 Å². The Morgan fingerprint density at radius 2 is 2.00 bits per heavy atom. The number of nitrogens with two attached hydrogens (primary N) is 1. The van der Waals surface area contributed by atoms with Crippen molar-refractivity contribution in [1.29, 1.82) is 0 Å². The van der Waals surface area contributed by atoms with Crippen molar-refractivity contribution in [1.82, 2.24) is 4.90 Å². The number of carbonyl (C=O) groups excluding carboxylic acids is 1. The summed E-state index contributed by atoms with van der Waals surface area (Å²) in [6, 6.07) is 2.63. The second kappa shape index (κ2) is 4.71. The number of rotatable bonds is 3. The van der Waals surface area contributed by atoms with Gasteiger partial charge in [-0.2, -0.15) is 13.2 Å². The number of amides is 1. The zero-order valence-electron chi connectivity index (χ0n) is 9.88. The molecule has 0 aliphatic heterocycles. The molecular formula is C12H12F4N2O. The fourth-order valence-corrected chi connectivity index (χ4v) is 1.83. The molecule has 2 rings (SSSR count). The van der Waals surface area contributed by atoms with Crippen molar-refractivity contribution in [2.45, 2.75) is 25.1 Å². The second-order valence-electron chi connectivity index (χ2n) is 4.51. The highest BCUT2D eigenvalue weighted by Crippen LogP contribution is 2.32. The molecule has 0 heterocycles. The zero-order valence-corrected chi connectivity index (χ0v) is 9.88. The van der Waals surface area contributed by atoms with Crippen LogP contribution in [0.5, 0.6) is 0 Å². The molecule has 0 aromatic heterocycles. The number of hydrogen-bond donors (Lipinski definition) is 1. The van der Waals surface area contributed by atoms with E-state index in [1.807, 2.05) is 0 Å². The van der Waals surface area contributed by atoms with Gasteiger partial charge in [-0.05, 0) is 31.0 Å². The summed E-state index contributed by atoms with van der Waals surface area (Å²) in [6.07, 6.45) is -3.38. The molecule has 1 aliphatic rings. The SMILES string of the molecule is Nc1cc(F)ccc1C(=O)N(CC(F)(F)F)C1CC1. The van der Waals surface area contributed by atoms with Crippen LogP contribution in [0.1, 0.15) is 23.2 Å². The Kier molecular flexibility index (Phi) is 3.38. The first-order valence-electron chi connectivity index (χ1n) is 5.70. The van der Waals surface area contributed by atoms with E-state index in [4.69, 9.17) is 5.73 Å². The summed E-state index contributed by atoms with van der Waals surface area (Å²) >= 11 is 0. The molecule has 0 radical (unpaired) electrons. The Labute approximate surface area is 107 Å². The first-order valence-corrected chi connectivity index (χ1v) is 5.70. The van der Waals surface area contributed by atoms with Crippen LogP contribution in [0.4, 0.5) is 23.2 Å². The van der Waals surface area contributed by atoms with Gasteiger partial charge in [-0.3, -0.25) is 4.79 Å². The maximum absolute atomic E-state index is 12.9. The number of nitrogens with zero attached hydrogens (tertiary/aromatic N) is 1. The van der Waals surface area contributed by atoms with Crippen molar-refractivity contribution in [3.63, 3.8) is 0 Å². The van der Waals surface area contributed by atoms with Gasteiger partial charge in [0.15, 0.2) is 0 Å². The van der Waals surface area contributed by atoms with E-state index in [-0.39, 0.29) is 11.3 Å². The van der Waals surface area contributed by atoms with Crippen molar-refractivity contribution in [2.24, 2.45) is 0 Å². The molecule has 2 N–H and O–H groups in total. The van der Waals surface area contributed by atoms with Gasteiger partial charge in [0, 0.05) is 11.7 Å². The summed E-state index contributed by atoms with van der Waals surface area (Å²) in [7, 11) is 0. The highest BCUT2D eigenvalue weighted by molar-refractivity contribution is 5.99. The van der Waals surface area contributed by atoms with E-state index in [0.29, 0.717) is 12.8 Å². The molecule has 1 amide bonds. The number of benzene rings is 1. The average molecular weight is 276 g/mol. The Hall–Kier alpha value is -1.79. The summed E-state index contributed by atoms with van der Waals surface area (Å²) in [6.45, 7) is -1.31. The number of alkyl halides is 3. The average Bonchev–Trinajstić information content (AvgIpc) is 3.07. The lowest BCUT2D eigenvalue weighted by atomic mass is 10.1. The lowest BCUT2D eigenvalue weighted by Crippen LogP contribution is -2.40. The predicted molar refractivity (Wildman–Crippen MR) is 60.9 cm³/mol. The van der Waals surface area contributed by atoms with Gasteiger partial charge in [-0.15, -0.1) is 0 Å². The number of nitrogen functional groups attached to an aromatic ring is 1. The zero-order chi connectivity index (χ0) is 14.2. The topological polar surface area (TPSA) is 46.3 Å². The summed E-state index contributed by atoms with van der Waals surface area (Å²) in [4.78, 5) is 12.8. The van der Waals surface area contributed by atoms with E-state index in [1.54, 1.807) is 0 Å². The summed E-state index contributed by atoms with van der Waals surface area (Å²) < 4.78 is 50.2. The van der Waals surface area contributed by atoms with Crippen molar-refractivity contribution < 1.29 is 22.4 Å². The van der Waals surface area contributed by atoms with E-state index >= 15 is 0 Å². The third kappa shape index (κ3) is 3.36. The van der Waals surface area contributed by atoms with E-state index in [0.717, 1.165) is 23.1 Å². The number of hydrogen-bond acceptors (Lipinski definition) is 2. The van der Waals surface area contributed by atoms with Crippen LogP contribution in [0.3, 0.4) is 0 Å². The second-order valence-corrected chi connectivity index (χ2v) is 4.51. The van der Waals surface area contributed by atoms with Crippen LogP contribution in [0.25, 0.3) is 0 Å². The molecule has 3 nitrogen and oxygen atoms in total. The third-order valence-electron chi connectivity index (χ3n) is 2.84. The Bertz CT molecular complexity index is 497. The molecule has 1 aromatic rings. The number of halogens is 4. The first kappa shape index (κ1) is 13.6. The lowest BCUT2D eigenvalue weighted by Gasteiger charge is -2.24. The van der Waals surface area contributed by atoms with Gasteiger partial charge in [0.05, 0.1) is 5.56 Å². The molecule has 0 saturated heterocycles. The molecule has 7 heteroatoms. The molecule has 0 atom stereocenters. The van der Waals surface area contributed by atoms with E-state index < -0.39 is 30.5 Å². The lowest BCUT2D eigenvalue weighted by molar-refractivity contribution is -0.141. The predicted octanol–water partition coefficient (Wildman–Crippen LogP) is 2.57. The van der Waals surface area contributed by atoms with Gasteiger partial charge in [-0.25, -0.2) is 4.39 Å². The molecule has 19 heavy (non-hydrogen) atoms. The van der Waals surface area contributed by atoms with E-state index in [2.05, 4.69) is 0 Å². The minimum atomic E-state index is -4.47. The Morgan fingerprint density at radius 1 is 1.37 bits per heavy atom. The minimum Gasteiger partial charge on any atom is -0.398 e. The third-order valence-corrected chi connectivity index (χ3v) is 2.84. The van der Waals surface area contributed by atoms with Crippen LogP contribution >= 0.6 is 0 Å². The smallest absolute Gasteiger partial charge is 0.398 e. The van der Waals surface area contributed by atoms with Crippen LogP contribution in [0, 0.1) is 5.82 Å². The first-order chi connectivity index (χ1) is 8.78. The number of anilines is 1. The highest BCUT2D eigenvalue weighted by Gasteiger charge is 2.41. The van der Waals surface area contributed by atoms with Crippen LogP contribution < -0.4 is 5.73 Å². The van der Waals surface area contributed by atoms with Crippen molar-refractivity contribution in [3.8, 4) is 0 Å². The summed E-state index contributed by atoms with van der Waals surface area (Å²) in [5, 5.41) is 0. The molecule has 0 bridgehead atoms. The van der Waals surface area contributed by atoms with Gasteiger partial charge in [0.25, 0.3) is 5.91 Å². The molecule has 0 spiro atoms. The highest BCUT2D eigenvalue weighted by atomic mass is 19.4. The van der Waals surface area contributed by atoms with Gasteiger partial charge in [0.1, 0.15) is 12.4 Å². The van der Waals surface area contributed by atoms with Gasteiger partial charge in [0.2, 0.25) is 0 Å². The minimum absolute atomic E-state index is 0.0995. The van der Waals surface area contributed by atoms with Gasteiger partial charge < -0.3 is 10.6 Å². The quantitative estimate of drug-likeness (QED) is 0.681. The molecule has 0 unspecified atom stereocenters. The standard InChI is InChI=1S/C12H12F4N2O/c13-7-1-4-9(10(17)5-7)11(19)18(8-2-3-8)6-12(14,15)16/h1,4-5,8H,2-3,6,17H2. The Morgan fingerprint density at radius 3 is 2.47 bits per heavy atom. The molecular weight excluding hydrogens is 264 g/mol. The molecule has 104 valence electrons. The van der Waals surface area contributed by atoms with Crippen LogP contribution in [0.15, 0.2) is 18.2 Å². The molecule has 1 aromatic carbocycles. The fraction of sp³-hybridized carbons (Fsp3) is 0.417. The van der Waals surface area contributed by atoms with Gasteiger partial charge in [-0.1, -0.05) is 0 Å². The summed E-state index contributed by atoms with van der Waals surface area (Å²) in [5.74, 6) is -1.44. The molecule has 1 saturated carbocycles. The molecule has 1 aliphatic carbocycles. The van der Waals surface area contributed by atoms with Crippen LogP contribution in [-0.4, -0.2) is 29.6 Å². The van der Waals surface area contributed by atoms with Crippen LogP contribution in [0.2, 0.25) is 0 Å². The normalized spacial score (nSPS) is 15.4. The Balaban J connectivity index is 2.24. The van der Waals surface area contributed by atoms with Crippen molar-refractivity contribution >= 4 is 11.6 Å². The maximum Gasteiger partial charge on any atom is 0.406 e. The van der Waals surface area contributed by atoms with E-state index in [1.165, 1.54) is 0 Å². The number of carbonyl (C=O) groups is 1. The monoisotopic (exact) mass is 276 g/mol. The largest absolute Gasteiger partial charge is 0.406 e. The van der Waals surface area contributed by atoms with Gasteiger partial charge >= 0.3 is 6.18 Å². The van der Waals surface area contributed by atoms with E-state index in [9.17, 15) is 22.4 Å². The molecule has 1 fully saturated rings. The maximum atomic E-state index is 12.9. The van der Waals surface area contributed by atoms with Crippen molar-refractivity contribution in [3.05, 3.63) is 29.6 Å². The fourth-order valence-electron chi connectivity index (χ4n) is 1.83.